The fourth-order valence-electron chi connectivity index (χ4n) is 2.92. The number of carbonyl (C=O) groups is 1. The molecule has 1 fully saturated rings. The van der Waals surface area contributed by atoms with E-state index in [1.807, 2.05) is 0 Å². The second-order valence-electron chi connectivity index (χ2n) is 5.97. The molecule has 0 bridgehead atoms. The van der Waals surface area contributed by atoms with Crippen molar-refractivity contribution in [1.29, 1.82) is 0 Å². The predicted octanol–water partition coefficient (Wildman–Crippen LogP) is 3.54. The van der Waals surface area contributed by atoms with Crippen molar-refractivity contribution in [2.75, 3.05) is 19.6 Å². The summed E-state index contributed by atoms with van der Waals surface area (Å²) in [4.78, 5) is 16.0. The normalized spacial score (nSPS) is 18.2. The molecule has 0 radical (unpaired) electrons. The van der Waals surface area contributed by atoms with Crippen LogP contribution in [0.15, 0.2) is 40.5 Å². The molecule has 0 aromatic carbocycles. The van der Waals surface area contributed by atoms with E-state index in [-0.39, 0.29) is 11.9 Å². The number of likely N-dealkylation sites (tertiary alicyclic amines) is 1. The van der Waals surface area contributed by atoms with Gasteiger partial charge in [-0.2, -0.15) is 0 Å². The van der Waals surface area contributed by atoms with Crippen LogP contribution in [0.1, 0.15) is 41.0 Å². The molecule has 118 valence electrons. The van der Waals surface area contributed by atoms with E-state index in [1.165, 1.54) is 30.2 Å². The van der Waals surface area contributed by atoms with Crippen molar-refractivity contribution < 1.29 is 9.21 Å². The molecule has 4 nitrogen and oxygen atoms in total. The van der Waals surface area contributed by atoms with Crippen LogP contribution >= 0.6 is 11.3 Å². The first-order chi connectivity index (χ1) is 10.7. The molecule has 1 saturated heterocycles. The second-order valence-corrected chi connectivity index (χ2v) is 6.95. The lowest BCUT2D eigenvalue weighted by molar-refractivity contribution is 0.0914. The number of furan rings is 1. The molecule has 1 aliphatic rings. The van der Waals surface area contributed by atoms with Crippen LogP contribution in [0.5, 0.6) is 0 Å². The molecule has 1 atom stereocenters. The SMILES string of the molecule is CC1CCN(C(CNC(=O)c2ccoc2)c2cccs2)CC1. The van der Waals surface area contributed by atoms with Crippen LogP contribution in [0, 0.1) is 5.92 Å². The van der Waals surface area contributed by atoms with E-state index in [0.717, 1.165) is 19.0 Å². The summed E-state index contributed by atoms with van der Waals surface area (Å²) in [5, 5.41) is 5.15. The Balaban J connectivity index is 1.65. The fraction of sp³-hybridized carbons (Fsp3) is 0.471. The van der Waals surface area contributed by atoms with Crippen molar-refractivity contribution in [3.8, 4) is 0 Å². The van der Waals surface area contributed by atoms with Gasteiger partial charge in [-0.1, -0.05) is 13.0 Å². The highest BCUT2D eigenvalue weighted by molar-refractivity contribution is 7.10. The predicted molar refractivity (Wildman–Crippen MR) is 88.1 cm³/mol. The van der Waals surface area contributed by atoms with Gasteiger partial charge in [0.1, 0.15) is 6.26 Å². The lowest BCUT2D eigenvalue weighted by atomic mass is 9.97. The van der Waals surface area contributed by atoms with Gasteiger partial charge in [-0.25, -0.2) is 0 Å². The van der Waals surface area contributed by atoms with Gasteiger partial charge in [-0.15, -0.1) is 11.3 Å². The topological polar surface area (TPSA) is 45.5 Å². The summed E-state index contributed by atoms with van der Waals surface area (Å²) in [5.74, 6) is 0.737. The Morgan fingerprint density at radius 3 is 2.91 bits per heavy atom. The molecule has 5 heteroatoms. The largest absolute Gasteiger partial charge is 0.472 e. The maximum atomic E-state index is 12.1. The molecule has 0 saturated carbocycles. The van der Waals surface area contributed by atoms with Crippen LogP contribution in [-0.2, 0) is 0 Å². The van der Waals surface area contributed by atoms with E-state index in [0.29, 0.717) is 12.1 Å². The van der Waals surface area contributed by atoms with Gasteiger partial charge < -0.3 is 9.73 Å². The van der Waals surface area contributed by atoms with Gasteiger partial charge in [-0.3, -0.25) is 9.69 Å². The molecule has 0 aliphatic carbocycles. The van der Waals surface area contributed by atoms with Crippen molar-refractivity contribution in [1.82, 2.24) is 10.2 Å². The third-order valence-corrected chi connectivity index (χ3v) is 5.34. The molecule has 3 heterocycles. The molecule has 22 heavy (non-hydrogen) atoms. The average molecular weight is 318 g/mol. The van der Waals surface area contributed by atoms with Crippen LogP contribution in [0.2, 0.25) is 0 Å². The Kier molecular flexibility index (Phi) is 4.95. The summed E-state index contributed by atoms with van der Waals surface area (Å²) in [7, 11) is 0. The van der Waals surface area contributed by atoms with Gasteiger partial charge in [0.15, 0.2) is 0 Å². The number of thiophene rings is 1. The van der Waals surface area contributed by atoms with E-state index in [4.69, 9.17) is 4.42 Å². The molecule has 1 N–H and O–H groups in total. The summed E-state index contributed by atoms with van der Waals surface area (Å²) in [6.45, 7) is 5.16. The van der Waals surface area contributed by atoms with Crippen molar-refractivity contribution >= 4 is 17.2 Å². The Bertz CT molecular complexity index is 572. The molecule has 0 spiro atoms. The minimum absolute atomic E-state index is 0.0688. The van der Waals surface area contributed by atoms with E-state index in [1.54, 1.807) is 17.4 Å². The van der Waals surface area contributed by atoms with Crippen LogP contribution < -0.4 is 5.32 Å². The lowest BCUT2D eigenvalue weighted by Gasteiger charge is -2.36. The third kappa shape index (κ3) is 3.59. The van der Waals surface area contributed by atoms with Crippen LogP contribution in [0.4, 0.5) is 0 Å². The van der Waals surface area contributed by atoms with E-state index in [2.05, 4.69) is 34.7 Å². The molecule has 1 unspecified atom stereocenters. The van der Waals surface area contributed by atoms with Gasteiger partial charge in [0, 0.05) is 11.4 Å². The smallest absolute Gasteiger partial charge is 0.254 e. The van der Waals surface area contributed by atoms with Crippen molar-refractivity contribution in [3.63, 3.8) is 0 Å². The molecule has 2 aromatic heterocycles. The minimum Gasteiger partial charge on any atom is -0.472 e. The summed E-state index contributed by atoms with van der Waals surface area (Å²) in [5.41, 5.74) is 0.581. The number of piperidine rings is 1. The van der Waals surface area contributed by atoms with Gasteiger partial charge in [0.05, 0.1) is 17.9 Å². The van der Waals surface area contributed by atoms with Crippen LogP contribution in [0.3, 0.4) is 0 Å². The minimum atomic E-state index is -0.0688. The molecular formula is C17H22N2O2S. The quantitative estimate of drug-likeness (QED) is 0.917. The lowest BCUT2D eigenvalue weighted by Crippen LogP contribution is -2.41. The molecule has 2 aromatic rings. The summed E-state index contributed by atoms with van der Waals surface area (Å²) >= 11 is 1.76. The fourth-order valence-corrected chi connectivity index (χ4v) is 3.78. The molecule has 3 rings (SSSR count). The van der Waals surface area contributed by atoms with Gasteiger partial charge >= 0.3 is 0 Å². The van der Waals surface area contributed by atoms with Crippen LogP contribution in [-0.4, -0.2) is 30.4 Å². The summed E-state index contributed by atoms with van der Waals surface area (Å²) < 4.78 is 4.97. The van der Waals surface area contributed by atoms with Crippen molar-refractivity contribution in [2.45, 2.75) is 25.8 Å². The standard InChI is InChI=1S/C17H22N2O2S/c1-13-4-7-19(8-5-13)15(16-3-2-10-22-16)11-18-17(20)14-6-9-21-12-14/h2-3,6,9-10,12-13,15H,4-5,7-8,11H2,1H3,(H,18,20). The molecular weight excluding hydrogens is 296 g/mol. The number of carbonyl (C=O) groups excluding carboxylic acids is 1. The number of hydrogen-bond acceptors (Lipinski definition) is 4. The second kappa shape index (κ2) is 7.11. The van der Waals surface area contributed by atoms with Gasteiger partial charge in [-0.05, 0) is 49.4 Å². The Morgan fingerprint density at radius 2 is 2.27 bits per heavy atom. The number of amides is 1. The third-order valence-electron chi connectivity index (χ3n) is 4.37. The maximum Gasteiger partial charge on any atom is 0.254 e. The first kappa shape index (κ1) is 15.3. The number of nitrogens with zero attached hydrogens (tertiary/aromatic N) is 1. The number of rotatable bonds is 5. The van der Waals surface area contributed by atoms with Gasteiger partial charge in [0.25, 0.3) is 5.91 Å². The highest BCUT2D eigenvalue weighted by Gasteiger charge is 2.25. The summed E-state index contributed by atoms with van der Waals surface area (Å²) in [6, 6.07) is 6.20. The van der Waals surface area contributed by atoms with Crippen LogP contribution in [0.25, 0.3) is 0 Å². The average Bonchev–Trinajstić information content (AvgIpc) is 3.22. The van der Waals surface area contributed by atoms with Gasteiger partial charge in [0.2, 0.25) is 0 Å². The number of nitrogens with one attached hydrogen (secondary N) is 1. The van der Waals surface area contributed by atoms with Crippen molar-refractivity contribution in [2.24, 2.45) is 5.92 Å². The van der Waals surface area contributed by atoms with E-state index < -0.39 is 0 Å². The zero-order valence-electron chi connectivity index (χ0n) is 12.8. The first-order valence-electron chi connectivity index (χ1n) is 7.82. The Labute approximate surface area is 135 Å². The first-order valence-corrected chi connectivity index (χ1v) is 8.70. The molecule has 1 aliphatic heterocycles. The Morgan fingerprint density at radius 1 is 1.45 bits per heavy atom. The van der Waals surface area contributed by atoms with E-state index in [9.17, 15) is 4.79 Å². The van der Waals surface area contributed by atoms with E-state index >= 15 is 0 Å². The Hall–Kier alpha value is -1.59. The highest BCUT2D eigenvalue weighted by Crippen LogP contribution is 2.29. The van der Waals surface area contributed by atoms with Crippen molar-refractivity contribution in [3.05, 3.63) is 46.5 Å². The highest BCUT2D eigenvalue weighted by atomic mass is 32.1. The maximum absolute atomic E-state index is 12.1. The monoisotopic (exact) mass is 318 g/mol. The zero-order chi connectivity index (χ0) is 15.4. The zero-order valence-corrected chi connectivity index (χ0v) is 13.6. The number of hydrogen-bond donors (Lipinski definition) is 1. The summed E-state index contributed by atoms with van der Waals surface area (Å²) in [6.07, 6.45) is 5.48. The molecule has 1 amide bonds.